The van der Waals surface area contributed by atoms with Gasteiger partial charge in [-0.25, -0.2) is 4.98 Å². The Morgan fingerprint density at radius 1 is 1.21 bits per heavy atom. The van der Waals surface area contributed by atoms with Gasteiger partial charge in [0.1, 0.15) is 0 Å². The molecule has 6 heteroatoms. The van der Waals surface area contributed by atoms with E-state index in [0.717, 1.165) is 25.0 Å². The number of ether oxygens (including phenoxy) is 1. The fraction of sp³-hybridized carbons (Fsp3) is 0.611. The van der Waals surface area contributed by atoms with Crippen LogP contribution in [0.2, 0.25) is 0 Å². The second-order valence-corrected chi connectivity index (χ2v) is 6.70. The fourth-order valence-corrected chi connectivity index (χ4v) is 2.37. The number of carbonyl (C=O) groups is 2. The summed E-state index contributed by atoms with van der Waals surface area (Å²) >= 11 is 0. The molecule has 2 N–H and O–H groups in total. The first-order valence-corrected chi connectivity index (χ1v) is 8.83. The maximum absolute atomic E-state index is 11.8. The molecule has 0 saturated heterocycles. The van der Waals surface area contributed by atoms with Crippen LogP contribution in [0.3, 0.4) is 0 Å². The number of hydrogen-bond acceptors (Lipinski definition) is 4. The summed E-state index contributed by atoms with van der Waals surface area (Å²) in [5.41, 5.74) is 0.978. The third kappa shape index (κ3) is 5.83. The predicted octanol–water partition coefficient (Wildman–Crippen LogP) is 1.79. The molecule has 2 amide bonds. The number of nitrogens with zero attached hydrogens (tertiary/aromatic N) is 1. The van der Waals surface area contributed by atoms with Gasteiger partial charge in [-0.3, -0.25) is 9.59 Å². The zero-order valence-electron chi connectivity index (χ0n) is 13.9. The highest BCUT2D eigenvalue weighted by Gasteiger charge is 2.29. The van der Waals surface area contributed by atoms with Gasteiger partial charge in [0.25, 0.3) is 0 Å². The van der Waals surface area contributed by atoms with E-state index in [9.17, 15) is 9.59 Å². The number of pyridine rings is 1. The Morgan fingerprint density at radius 3 is 2.79 bits per heavy atom. The lowest BCUT2D eigenvalue weighted by molar-refractivity contribution is -0.123. The van der Waals surface area contributed by atoms with Gasteiger partial charge in [-0.15, -0.1) is 0 Å². The zero-order chi connectivity index (χ0) is 16.8. The lowest BCUT2D eigenvalue weighted by Gasteiger charge is -2.08. The molecule has 3 rings (SSSR count). The molecule has 6 nitrogen and oxygen atoms in total. The highest BCUT2D eigenvalue weighted by Crippen LogP contribution is 2.29. The number of amides is 2. The smallest absolute Gasteiger partial charge is 0.223 e. The van der Waals surface area contributed by atoms with Crippen LogP contribution < -0.4 is 15.4 Å². The van der Waals surface area contributed by atoms with Gasteiger partial charge in [-0.05, 0) is 49.7 Å². The summed E-state index contributed by atoms with van der Waals surface area (Å²) in [5.74, 6) is 1.66. The molecular formula is C18H25N3O3. The van der Waals surface area contributed by atoms with Gasteiger partial charge in [-0.1, -0.05) is 0 Å². The van der Waals surface area contributed by atoms with E-state index in [1.165, 1.54) is 12.8 Å². The molecular weight excluding hydrogens is 306 g/mol. The van der Waals surface area contributed by atoms with Gasteiger partial charge in [0.2, 0.25) is 17.7 Å². The number of rotatable bonds is 10. The molecule has 0 unspecified atom stereocenters. The Bertz CT molecular complexity index is 583. The highest BCUT2D eigenvalue weighted by atomic mass is 16.5. The number of carbonyl (C=O) groups excluding carboxylic acids is 2. The Balaban J connectivity index is 1.30. The van der Waals surface area contributed by atoms with Crippen LogP contribution in [-0.2, 0) is 16.1 Å². The van der Waals surface area contributed by atoms with E-state index >= 15 is 0 Å². The van der Waals surface area contributed by atoms with Crippen LogP contribution in [0.5, 0.6) is 5.88 Å². The van der Waals surface area contributed by atoms with Crippen molar-refractivity contribution in [2.24, 2.45) is 11.8 Å². The quantitative estimate of drug-likeness (QED) is 0.641. The highest BCUT2D eigenvalue weighted by molar-refractivity contribution is 5.81. The van der Waals surface area contributed by atoms with Crippen molar-refractivity contribution in [1.82, 2.24) is 15.6 Å². The third-order valence-corrected chi connectivity index (χ3v) is 4.28. The van der Waals surface area contributed by atoms with Crippen LogP contribution >= 0.6 is 0 Å². The molecule has 0 aliphatic heterocycles. The Labute approximate surface area is 142 Å². The van der Waals surface area contributed by atoms with Crippen molar-refractivity contribution in [2.75, 3.05) is 13.2 Å². The first-order chi connectivity index (χ1) is 11.7. The largest absolute Gasteiger partial charge is 0.477 e. The maximum Gasteiger partial charge on any atom is 0.223 e. The van der Waals surface area contributed by atoms with Crippen molar-refractivity contribution >= 4 is 11.8 Å². The molecule has 2 aliphatic rings. The summed E-state index contributed by atoms with van der Waals surface area (Å²) in [7, 11) is 0. The summed E-state index contributed by atoms with van der Waals surface area (Å²) in [5, 5.41) is 5.76. The monoisotopic (exact) mass is 331 g/mol. The summed E-state index contributed by atoms with van der Waals surface area (Å²) in [4.78, 5) is 27.5. The normalized spacial score (nSPS) is 16.5. The lowest BCUT2D eigenvalue weighted by atomic mass is 10.2. The average Bonchev–Trinajstić information content (AvgIpc) is 3.48. The van der Waals surface area contributed by atoms with Crippen molar-refractivity contribution in [3.8, 4) is 5.88 Å². The molecule has 0 atom stereocenters. The van der Waals surface area contributed by atoms with Gasteiger partial charge in [0.15, 0.2) is 0 Å². The molecule has 0 spiro atoms. The van der Waals surface area contributed by atoms with Crippen molar-refractivity contribution in [1.29, 1.82) is 0 Å². The van der Waals surface area contributed by atoms with E-state index < -0.39 is 0 Å². The molecule has 130 valence electrons. The zero-order valence-corrected chi connectivity index (χ0v) is 13.9. The van der Waals surface area contributed by atoms with Crippen molar-refractivity contribution < 1.29 is 14.3 Å². The predicted molar refractivity (Wildman–Crippen MR) is 89.3 cm³/mol. The molecule has 1 heterocycles. The fourth-order valence-electron chi connectivity index (χ4n) is 2.37. The number of hydrogen-bond donors (Lipinski definition) is 2. The van der Waals surface area contributed by atoms with Crippen LogP contribution in [0, 0.1) is 11.8 Å². The topological polar surface area (TPSA) is 80.3 Å². The third-order valence-electron chi connectivity index (χ3n) is 4.28. The molecule has 0 radical (unpaired) electrons. The van der Waals surface area contributed by atoms with Crippen LogP contribution in [0.4, 0.5) is 0 Å². The van der Waals surface area contributed by atoms with E-state index in [1.54, 1.807) is 6.20 Å². The summed E-state index contributed by atoms with van der Waals surface area (Å²) in [6.07, 6.45) is 7.29. The first-order valence-electron chi connectivity index (χ1n) is 8.83. The van der Waals surface area contributed by atoms with Gasteiger partial charge in [0, 0.05) is 37.7 Å². The first kappa shape index (κ1) is 16.7. The Hall–Kier alpha value is -2.11. The van der Waals surface area contributed by atoms with Gasteiger partial charge >= 0.3 is 0 Å². The van der Waals surface area contributed by atoms with E-state index in [1.807, 2.05) is 12.1 Å². The van der Waals surface area contributed by atoms with E-state index in [2.05, 4.69) is 15.6 Å². The molecule has 2 aliphatic carbocycles. The van der Waals surface area contributed by atoms with Crippen LogP contribution in [-0.4, -0.2) is 29.9 Å². The molecule has 0 aromatic carbocycles. The molecule has 24 heavy (non-hydrogen) atoms. The number of nitrogens with one attached hydrogen (secondary N) is 2. The van der Waals surface area contributed by atoms with Crippen LogP contribution in [0.15, 0.2) is 18.3 Å². The minimum Gasteiger partial charge on any atom is -0.477 e. The van der Waals surface area contributed by atoms with E-state index in [0.29, 0.717) is 37.7 Å². The van der Waals surface area contributed by atoms with Crippen LogP contribution in [0.25, 0.3) is 0 Å². The molecule has 2 saturated carbocycles. The van der Waals surface area contributed by atoms with Gasteiger partial charge in [0.05, 0.1) is 6.61 Å². The van der Waals surface area contributed by atoms with Gasteiger partial charge < -0.3 is 15.4 Å². The summed E-state index contributed by atoms with van der Waals surface area (Å²) in [6, 6.07) is 3.75. The minimum absolute atomic E-state index is 0.00654. The van der Waals surface area contributed by atoms with E-state index in [-0.39, 0.29) is 17.7 Å². The number of aromatic nitrogens is 1. The second-order valence-electron chi connectivity index (χ2n) is 6.70. The summed E-state index contributed by atoms with van der Waals surface area (Å²) in [6.45, 7) is 1.77. The maximum atomic E-state index is 11.8. The lowest BCUT2D eigenvalue weighted by Crippen LogP contribution is -2.28. The SMILES string of the molecule is O=C(CCCNC(=O)C1CC1)NCc1ccnc(OCC2CC2)c1. The van der Waals surface area contributed by atoms with Crippen molar-refractivity contribution in [3.63, 3.8) is 0 Å². The average molecular weight is 331 g/mol. The van der Waals surface area contributed by atoms with Gasteiger partial charge in [-0.2, -0.15) is 0 Å². The Kier molecular flexibility index (Phi) is 5.67. The molecule has 1 aromatic rings. The van der Waals surface area contributed by atoms with E-state index in [4.69, 9.17) is 4.74 Å². The molecule has 1 aromatic heterocycles. The minimum atomic E-state index is -0.00654. The Morgan fingerprint density at radius 2 is 2.04 bits per heavy atom. The summed E-state index contributed by atoms with van der Waals surface area (Å²) < 4.78 is 5.64. The van der Waals surface area contributed by atoms with Crippen molar-refractivity contribution in [2.45, 2.75) is 45.1 Å². The van der Waals surface area contributed by atoms with Crippen LogP contribution in [0.1, 0.15) is 44.1 Å². The van der Waals surface area contributed by atoms with Crippen molar-refractivity contribution in [3.05, 3.63) is 23.9 Å². The standard InChI is InChI=1S/C18H25N3O3/c22-16(2-1-8-20-18(23)15-5-6-15)21-11-14-7-9-19-17(10-14)24-12-13-3-4-13/h7,9-10,13,15H,1-6,8,11-12H2,(H,20,23)(H,21,22). The molecule has 2 fully saturated rings. The molecule has 0 bridgehead atoms. The second kappa shape index (κ2) is 8.13.